The summed E-state index contributed by atoms with van der Waals surface area (Å²) in [6.45, 7) is 0. The van der Waals surface area contributed by atoms with Gasteiger partial charge in [0.2, 0.25) is 10.0 Å². The van der Waals surface area contributed by atoms with Crippen molar-refractivity contribution in [3.63, 3.8) is 0 Å². The van der Waals surface area contributed by atoms with Gasteiger partial charge in [0.1, 0.15) is 6.04 Å². The number of sulfonamides is 1. The highest BCUT2D eigenvalue weighted by atomic mass is 32.2. The van der Waals surface area contributed by atoms with Crippen LogP contribution in [0.1, 0.15) is 19.3 Å². The van der Waals surface area contributed by atoms with Gasteiger partial charge in [-0.25, -0.2) is 13.1 Å². The fourth-order valence-electron chi connectivity index (χ4n) is 1.09. The quantitative estimate of drug-likeness (QED) is 0.588. The van der Waals surface area contributed by atoms with E-state index in [0.717, 1.165) is 0 Å². The highest BCUT2D eigenvalue weighted by molar-refractivity contribution is 7.89. The smallest absolute Gasteiger partial charge is 0.389 e. The maximum atomic E-state index is 11.8. The lowest BCUT2D eigenvalue weighted by Crippen LogP contribution is -2.43. The Morgan fingerprint density at radius 2 is 1.74 bits per heavy atom. The minimum absolute atomic E-state index is 0.738. The second-order valence-electron chi connectivity index (χ2n) is 3.64. The van der Waals surface area contributed by atoms with Crippen LogP contribution in [0.3, 0.4) is 0 Å². The summed E-state index contributed by atoms with van der Waals surface area (Å²) < 4.78 is 59.5. The molecule has 0 amide bonds. The fourth-order valence-corrected chi connectivity index (χ4v) is 2.35. The minimum atomic E-state index is -4.51. The van der Waals surface area contributed by atoms with Crippen LogP contribution in [0.25, 0.3) is 0 Å². The Morgan fingerprint density at radius 3 is 2.11 bits per heavy atom. The molecule has 7 nitrogen and oxygen atoms in total. The molecule has 0 aromatic carbocycles. The van der Waals surface area contributed by atoms with Crippen molar-refractivity contribution in [2.45, 2.75) is 31.5 Å². The third-order valence-electron chi connectivity index (χ3n) is 1.87. The number of hydrogen-bond acceptors (Lipinski definition) is 4. The molecule has 0 aliphatic heterocycles. The maximum absolute atomic E-state index is 11.8. The highest BCUT2D eigenvalue weighted by Crippen LogP contribution is 2.21. The SMILES string of the molecule is O=C(O)C[C@H](NS(=O)(=O)CCCC(F)(F)F)C(=O)O. The third-order valence-corrected chi connectivity index (χ3v) is 3.34. The lowest BCUT2D eigenvalue weighted by atomic mass is 10.2. The molecule has 0 heterocycles. The average Bonchev–Trinajstić information content (AvgIpc) is 2.12. The number of carboxylic acids is 2. The molecule has 0 saturated carbocycles. The fraction of sp³-hybridized carbons (Fsp3) is 0.750. The Kier molecular flexibility index (Phi) is 6.22. The van der Waals surface area contributed by atoms with Crippen molar-refractivity contribution in [1.82, 2.24) is 4.72 Å². The van der Waals surface area contributed by atoms with Crippen molar-refractivity contribution in [3.05, 3.63) is 0 Å². The van der Waals surface area contributed by atoms with E-state index in [4.69, 9.17) is 10.2 Å². The van der Waals surface area contributed by atoms with Gasteiger partial charge in [0.25, 0.3) is 0 Å². The molecule has 0 aliphatic carbocycles. The topological polar surface area (TPSA) is 121 Å². The van der Waals surface area contributed by atoms with Crippen LogP contribution < -0.4 is 4.72 Å². The van der Waals surface area contributed by atoms with E-state index in [9.17, 15) is 31.2 Å². The van der Waals surface area contributed by atoms with Crippen LogP contribution in [0.15, 0.2) is 0 Å². The van der Waals surface area contributed by atoms with Crippen molar-refractivity contribution in [3.8, 4) is 0 Å². The van der Waals surface area contributed by atoms with Crippen molar-refractivity contribution < 1.29 is 41.4 Å². The number of hydrogen-bond donors (Lipinski definition) is 3. The molecule has 0 fully saturated rings. The molecule has 0 radical (unpaired) electrons. The van der Waals surface area contributed by atoms with E-state index in [-0.39, 0.29) is 0 Å². The van der Waals surface area contributed by atoms with E-state index in [1.807, 2.05) is 0 Å². The third kappa shape index (κ3) is 9.25. The predicted octanol–water partition coefficient (Wildman–Crippen LogP) is 0.176. The zero-order valence-corrected chi connectivity index (χ0v) is 10.3. The first-order valence-electron chi connectivity index (χ1n) is 4.94. The van der Waals surface area contributed by atoms with Gasteiger partial charge in [0, 0.05) is 6.42 Å². The zero-order valence-electron chi connectivity index (χ0n) is 9.48. The summed E-state index contributed by atoms with van der Waals surface area (Å²) >= 11 is 0. The summed E-state index contributed by atoms with van der Waals surface area (Å²) in [4.78, 5) is 20.9. The molecule has 0 aromatic heterocycles. The van der Waals surface area contributed by atoms with Crippen LogP contribution >= 0.6 is 0 Å². The highest BCUT2D eigenvalue weighted by Gasteiger charge is 2.29. The molecular formula is C8H12F3NO6S. The summed E-state index contributed by atoms with van der Waals surface area (Å²) in [6, 6.07) is -1.91. The lowest BCUT2D eigenvalue weighted by molar-refractivity contribution is -0.145. The van der Waals surface area contributed by atoms with Gasteiger partial charge in [-0.2, -0.15) is 13.2 Å². The number of carboxylic acid groups (broad SMARTS) is 2. The molecule has 0 aliphatic rings. The second-order valence-corrected chi connectivity index (χ2v) is 5.52. The van der Waals surface area contributed by atoms with Gasteiger partial charge in [0.15, 0.2) is 0 Å². The summed E-state index contributed by atoms with van der Waals surface area (Å²) in [6.07, 6.45) is -7.58. The Morgan fingerprint density at radius 1 is 1.21 bits per heavy atom. The number of nitrogens with one attached hydrogen (secondary N) is 1. The first-order chi connectivity index (χ1) is 8.43. The van der Waals surface area contributed by atoms with Crippen molar-refractivity contribution in [2.75, 3.05) is 5.75 Å². The van der Waals surface area contributed by atoms with Gasteiger partial charge in [-0.05, 0) is 6.42 Å². The van der Waals surface area contributed by atoms with E-state index in [1.54, 1.807) is 0 Å². The predicted molar refractivity (Wildman–Crippen MR) is 55.9 cm³/mol. The van der Waals surface area contributed by atoms with Crippen LogP contribution in [0, 0.1) is 0 Å². The zero-order chi connectivity index (χ0) is 15.3. The minimum Gasteiger partial charge on any atom is -0.481 e. The summed E-state index contributed by atoms with van der Waals surface area (Å²) in [5, 5.41) is 16.9. The number of carbonyl (C=O) groups is 2. The summed E-state index contributed by atoms with van der Waals surface area (Å²) in [5.74, 6) is -4.21. The molecule has 0 aromatic rings. The van der Waals surface area contributed by atoms with Crippen LogP contribution in [0.4, 0.5) is 13.2 Å². The van der Waals surface area contributed by atoms with Crippen LogP contribution in [0.5, 0.6) is 0 Å². The van der Waals surface area contributed by atoms with E-state index in [1.165, 1.54) is 4.72 Å². The molecule has 0 rings (SSSR count). The molecule has 11 heteroatoms. The van der Waals surface area contributed by atoms with Gasteiger partial charge < -0.3 is 10.2 Å². The average molecular weight is 307 g/mol. The normalized spacial score (nSPS) is 14.1. The number of rotatable bonds is 8. The Balaban J connectivity index is 4.48. The van der Waals surface area contributed by atoms with Gasteiger partial charge in [-0.15, -0.1) is 0 Å². The Bertz CT molecular complexity index is 432. The molecule has 112 valence electrons. The van der Waals surface area contributed by atoms with Crippen molar-refractivity contribution in [2.24, 2.45) is 0 Å². The molecule has 1 atom stereocenters. The van der Waals surface area contributed by atoms with Crippen LogP contribution in [0.2, 0.25) is 0 Å². The number of halogens is 3. The van der Waals surface area contributed by atoms with E-state index < -0.39 is 59.2 Å². The van der Waals surface area contributed by atoms with Crippen molar-refractivity contribution >= 4 is 22.0 Å². The standard InChI is InChI=1S/C8H12F3NO6S/c9-8(10,11)2-1-3-19(17,18)12-5(7(15)16)4-6(13)14/h5,12H,1-4H2,(H,13,14)(H,15,16)/t5-/m0/s1. The van der Waals surface area contributed by atoms with Crippen LogP contribution in [-0.2, 0) is 19.6 Å². The molecular weight excluding hydrogens is 295 g/mol. The summed E-state index contributed by atoms with van der Waals surface area (Å²) in [7, 11) is -4.29. The molecule has 0 saturated heterocycles. The molecule has 0 bridgehead atoms. The van der Waals surface area contributed by atoms with Gasteiger partial charge in [-0.3, -0.25) is 9.59 Å². The Labute approximate surface area is 106 Å². The lowest BCUT2D eigenvalue weighted by Gasteiger charge is -2.13. The van der Waals surface area contributed by atoms with E-state index >= 15 is 0 Å². The first kappa shape index (κ1) is 17.6. The van der Waals surface area contributed by atoms with Gasteiger partial charge in [0.05, 0.1) is 12.2 Å². The van der Waals surface area contributed by atoms with Crippen LogP contribution in [-0.4, -0.2) is 48.5 Å². The second kappa shape index (κ2) is 6.70. The first-order valence-corrected chi connectivity index (χ1v) is 6.59. The molecule has 3 N–H and O–H groups in total. The number of aliphatic carboxylic acids is 2. The Hall–Kier alpha value is -1.36. The molecule has 0 unspecified atom stereocenters. The molecule has 0 spiro atoms. The maximum Gasteiger partial charge on any atom is 0.389 e. The van der Waals surface area contributed by atoms with Gasteiger partial charge >= 0.3 is 18.1 Å². The van der Waals surface area contributed by atoms with E-state index in [2.05, 4.69) is 0 Å². The summed E-state index contributed by atoms with van der Waals surface area (Å²) in [5.41, 5.74) is 0. The van der Waals surface area contributed by atoms with Gasteiger partial charge in [-0.1, -0.05) is 0 Å². The van der Waals surface area contributed by atoms with E-state index in [0.29, 0.717) is 0 Å². The number of alkyl halides is 3. The monoisotopic (exact) mass is 307 g/mol. The molecule has 19 heavy (non-hydrogen) atoms. The van der Waals surface area contributed by atoms with Crippen molar-refractivity contribution in [1.29, 1.82) is 0 Å². The largest absolute Gasteiger partial charge is 0.481 e.